The summed E-state index contributed by atoms with van der Waals surface area (Å²) in [6, 6.07) is 0. The van der Waals surface area contributed by atoms with Crippen LogP contribution in [0.2, 0.25) is 0 Å². The van der Waals surface area contributed by atoms with Crippen LogP contribution in [0.3, 0.4) is 0 Å². The molecule has 0 amide bonds. The summed E-state index contributed by atoms with van der Waals surface area (Å²) >= 11 is 0. The van der Waals surface area contributed by atoms with Gasteiger partial charge < -0.3 is 14.6 Å². The van der Waals surface area contributed by atoms with Gasteiger partial charge in [0.2, 0.25) is 6.10 Å². The van der Waals surface area contributed by atoms with Gasteiger partial charge in [0.1, 0.15) is 0 Å². The van der Waals surface area contributed by atoms with Crippen molar-refractivity contribution in [1.82, 2.24) is 0 Å². The normalized spacial score (nSPS) is 24.8. The second-order valence-electron chi connectivity index (χ2n) is 2.74. The van der Waals surface area contributed by atoms with Crippen molar-refractivity contribution < 1.29 is 19.4 Å². The van der Waals surface area contributed by atoms with Gasteiger partial charge in [-0.05, 0) is 12.2 Å². The molecule has 0 bridgehead atoms. The SMILES string of the molecule is O=C(O)C1C=CC2=C(OC=CC2)O1. The van der Waals surface area contributed by atoms with Gasteiger partial charge in [-0.1, -0.05) is 6.08 Å². The van der Waals surface area contributed by atoms with Gasteiger partial charge in [0.25, 0.3) is 5.95 Å². The van der Waals surface area contributed by atoms with E-state index in [0.29, 0.717) is 5.95 Å². The number of aliphatic carboxylic acids is 1. The highest BCUT2D eigenvalue weighted by molar-refractivity contribution is 5.75. The minimum absolute atomic E-state index is 0.303. The standard InChI is InChI=1S/C9H8O4/c10-8(11)7-4-3-6-2-1-5-12-9(6)13-7/h1,3-5,7H,2H2,(H,10,11). The van der Waals surface area contributed by atoms with Crippen LogP contribution in [-0.4, -0.2) is 17.2 Å². The van der Waals surface area contributed by atoms with Crippen molar-refractivity contribution in [3.05, 3.63) is 36.0 Å². The molecule has 0 aromatic rings. The molecule has 1 atom stereocenters. The third-order valence-corrected chi connectivity index (χ3v) is 1.82. The zero-order valence-corrected chi connectivity index (χ0v) is 6.77. The topological polar surface area (TPSA) is 55.8 Å². The van der Waals surface area contributed by atoms with Gasteiger partial charge >= 0.3 is 5.97 Å². The van der Waals surface area contributed by atoms with Gasteiger partial charge in [-0.15, -0.1) is 0 Å². The van der Waals surface area contributed by atoms with Crippen LogP contribution in [0.4, 0.5) is 0 Å². The van der Waals surface area contributed by atoms with Crippen molar-refractivity contribution in [2.45, 2.75) is 12.5 Å². The maximum absolute atomic E-state index is 10.6. The van der Waals surface area contributed by atoms with Crippen LogP contribution < -0.4 is 0 Å². The molecular formula is C9H8O4. The van der Waals surface area contributed by atoms with E-state index in [1.807, 2.05) is 6.08 Å². The van der Waals surface area contributed by atoms with E-state index in [4.69, 9.17) is 14.6 Å². The average molecular weight is 180 g/mol. The largest absolute Gasteiger partial charge is 0.478 e. The molecule has 2 heterocycles. The van der Waals surface area contributed by atoms with Crippen molar-refractivity contribution >= 4 is 5.97 Å². The number of hydrogen-bond acceptors (Lipinski definition) is 3. The van der Waals surface area contributed by atoms with E-state index in [2.05, 4.69) is 0 Å². The number of carbonyl (C=O) groups is 1. The van der Waals surface area contributed by atoms with Crippen molar-refractivity contribution in [3.63, 3.8) is 0 Å². The van der Waals surface area contributed by atoms with Gasteiger partial charge in [-0.2, -0.15) is 0 Å². The van der Waals surface area contributed by atoms with Crippen LogP contribution in [0.1, 0.15) is 6.42 Å². The van der Waals surface area contributed by atoms with Crippen LogP contribution in [0.25, 0.3) is 0 Å². The first-order valence-corrected chi connectivity index (χ1v) is 3.90. The first-order valence-electron chi connectivity index (χ1n) is 3.90. The fourth-order valence-electron chi connectivity index (χ4n) is 1.17. The Morgan fingerprint density at radius 3 is 3.23 bits per heavy atom. The number of ether oxygens (including phenoxy) is 2. The Hall–Kier alpha value is -1.71. The molecule has 0 fully saturated rings. The van der Waals surface area contributed by atoms with Crippen molar-refractivity contribution in [2.75, 3.05) is 0 Å². The lowest BCUT2D eigenvalue weighted by atomic mass is 10.1. The van der Waals surface area contributed by atoms with E-state index in [1.54, 1.807) is 6.08 Å². The quantitative estimate of drug-likeness (QED) is 0.658. The van der Waals surface area contributed by atoms with Gasteiger partial charge in [-0.25, -0.2) is 4.79 Å². The predicted octanol–water partition coefficient (Wildman–Crippen LogP) is 1.17. The van der Waals surface area contributed by atoms with Gasteiger partial charge in [0, 0.05) is 12.0 Å². The highest BCUT2D eigenvalue weighted by Crippen LogP contribution is 2.24. The van der Waals surface area contributed by atoms with Crippen LogP contribution in [0.5, 0.6) is 0 Å². The summed E-state index contributed by atoms with van der Waals surface area (Å²) in [5, 5.41) is 8.66. The fourth-order valence-corrected chi connectivity index (χ4v) is 1.17. The summed E-state index contributed by atoms with van der Waals surface area (Å²) < 4.78 is 10.1. The summed E-state index contributed by atoms with van der Waals surface area (Å²) in [7, 11) is 0. The highest BCUT2D eigenvalue weighted by atomic mass is 16.7. The molecule has 0 radical (unpaired) electrons. The van der Waals surface area contributed by atoms with Crippen LogP contribution in [0.15, 0.2) is 36.0 Å². The lowest BCUT2D eigenvalue weighted by molar-refractivity contribution is -0.147. The van der Waals surface area contributed by atoms with Crippen molar-refractivity contribution in [2.24, 2.45) is 0 Å². The first kappa shape index (κ1) is 7.91. The molecule has 0 aromatic heterocycles. The van der Waals surface area contributed by atoms with E-state index in [1.165, 1.54) is 12.3 Å². The summed E-state index contributed by atoms with van der Waals surface area (Å²) in [6.07, 6.45) is 6.36. The number of rotatable bonds is 1. The molecule has 4 nitrogen and oxygen atoms in total. The summed E-state index contributed by atoms with van der Waals surface area (Å²) in [5.74, 6) is -0.710. The van der Waals surface area contributed by atoms with Crippen molar-refractivity contribution in [3.8, 4) is 0 Å². The van der Waals surface area contributed by atoms with Gasteiger partial charge in [0.05, 0.1) is 6.26 Å². The Balaban J connectivity index is 2.16. The molecule has 0 saturated heterocycles. The van der Waals surface area contributed by atoms with E-state index < -0.39 is 12.1 Å². The monoisotopic (exact) mass is 180 g/mol. The van der Waals surface area contributed by atoms with Crippen LogP contribution >= 0.6 is 0 Å². The van der Waals surface area contributed by atoms with E-state index in [0.717, 1.165) is 12.0 Å². The molecule has 4 heteroatoms. The lowest BCUT2D eigenvalue weighted by Gasteiger charge is -2.21. The molecule has 0 saturated carbocycles. The summed E-state index contributed by atoms with van der Waals surface area (Å²) in [6.45, 7) is 0. The molecule has 2 aliphatic heterocycles. The number of carboxylic acid groups (broad SMARTS) is 1. The Labute approximate surface area is 74.8 Å². The zero-order valence-electron chi connectivity index (χ0n) is 6.77. The minimum atomic E-state index is -1.01. The third-order valence-electron chi connectivity index (χ3n) is 1.82. The Morgan fingerprint density at radius 2 is 2.46 bits per heavy atom. The summed E-state index contributed by atoms with van der Waals surface area (Å²) in [4.78, 5) is 10.6. The second kappa shape index (κ2) is 2.97. The zero-order chi connectivity index (χ0) is 9.26. The fraction of sp³-hybridized carbons (Fsp3) is 0.222. The third kappa shape index (κ3) is 1.42. The van der Waals surface area contributed by atoms with Crippen LogP contribution in [0, 0.1) is 0 Å². The van der Waals surface area contributed by atoms with Crippen LogP contribution in [-0.2, 0) is 14.3 Å². The number of carboxylic acids is 1. The lowest BCUT2D eigenvalue weighted by Crippen LogP contribution is -2.24. The number of hydrogen-bond donors (Lipinski definition) is 1. The molecule has 1 unspecified atom stereocenters. The predicted molar refractivity (Wildman–Crippen MR) is 43.5 cm³/mol. The highest BCUT2D eigenvalue weighted by Gasteiger charge is 2.24. The second-order valence-corrected chi connectivity index (χ2v) is 2.74. The van der Waals surface area contributed by atoms with E-state index >= 15 is 0 Å². The Morgan fingerprint density at radius 1 is 1.62 bits per heavy atom. The molecule has 1 N–H and O–H groups in total. The molecule has 2 aliphatic rings. The van der Waals surface area contributed by atoms with Gasteiger partial charge in [0.15, 0.2) is 0 Å². The minimum Gasteiger partial charge on any atom is -0.478 e. The molecule has 0 aliphatic carbocycles. The molecule has 68 valence electrons. The van der Waals surface area contributed by atoms with Gasteiger partial charge in [-0.3, -0.25) is 0 Å². The molecular weight excluding hydrogens is 172 g/mol. The first-order chi connectivity index (χ1) is 6.27. The van der Waals surface area contributed by atoms with Crippen molar-refractivity contribution in [1.29, 1.82) is 0 Å². The molecule has 0 aromatic carbocycles. The Kier molecular flexibility index (Phi) is 1.81. The average Bonchev–Trinajstić information content (AvgIpc) is 2.17. The van der Waals surface area contributed by atoms with E-state index in [9.17, 15) is 4.79 Å². The molecule has 0 spiro atoms. The maximum Gasteiger partial charge on any atom is 0.349 e. The molecule has 2 rings (SSSR count). The smallest absolute Gasteiger partial charge is 0.349 e. The van der Waals surface area contributed by atoms with E-state index in [-0.39, 0.29) is 0 Å². The number of allylic oxidation sites excluding steroid dienone is 3. The molecule has 13 heavy (non-hydrogen) atoms. The maximum atomic E-state index is 10.6. The summed E-state index contributed by atoms with van der Waals surface area (Å²) in [5.41, 5.74) is 0.875. The Bertz CT molecular complexity index is 325.